The van der Waals surface area contributed by atoms with Crippen molar-refractivity contribution in [2.75, 3.05) is 6.54 Å². The van der Waals surface area contributed by atoms with E-state index in [1.807, 2.05) is 0 Å². The van der Waals surface area contributed by atoms with Crippen molar-refractivity contribution in [2.45, 2.75) is 13.0 Å². The fourth-order valence-electron chi connectivity index (χ4n) is 1.82. The Hall–Kier alpha value is -1.80. The van der Waals surface area contributed by atoms with E-state index < -0.39 is 11.8 Å². The van der Waals surface area contributed by atoms with Gasteiger partial charge in [0.2, 0.25) is 0 Å². The van der Waals surface area contributed by atoms with Crippen molar-refractivity contribution in [3.05, 3.63) is 45.4 Å². The van der Waals surface area contributed by atoms with Crippen LogP contribution in [0.1, 0.15) is 21.7 Å². The number of aromatic carboxylic acids is 1. The number of nitrogens with two attached hydrogens (primary N) is 1. The first-order valence-electron chi connectivity index (χ1n) is 5.82. The SMILES string of the molecule is NCCc1c(C(=O)O)nnn1Cc1ccc(Br)cc1F. The second-order valence-electron chi connectivity index (χ2n) is 4.12. The van der Waals surface area contributed by atoms with Gasteiger partial charge in [0.15, 0.2) is 5.69 Å². The lowest BCUT2D eigenvalue weighted by atomic mass is 10.2. The van der Waals surface area contributed by atoms with Crippen molar-refractivity contribution in [3.63, 3.8) is 0 Å². The monoisotopic (exact) mass is 342 g/mol. The number of carboxylic acids is 1. The summed E-state index contributed by atoms with van der Waals surface area (Å²) in [5.74, 6) is -1.57. The molecule has 1 aromatic heterocycles. The van der Waals surface area contributed by atoms with Gasteiger partial charge in [-0.2, -0.15) is 0 Å². The highest BCUT2D eigenvalue weighted by atomic mass is 79.9. The summed E-state index contributed by atoms with van der Waals surface area (Å²) in [7, 11) is 0. The molecule has 0 radical (unpaired) electrons. The smallest absolute Gasteiger partial charge is 0.358 e. The third-order valence-corrected chi connectivity index (χ3v) is 3.25. The Bertz CT molecular complexity index is 644. The molecule has 1 heterocycles. The summed E-state index contributed by atoms with van der Waals surface area (Å²) in [6.07, 6.45) is 0.312. The molecular formula is C12H12BrFN4O2. The Balaban J connectivity index is 2.35. The molecule has 3 N–H and O–H groups in total. The Morgan fingerprint density at radius 3 is 2.85 bits per heavy atom. The molecule has 0 amide bonds. The minimum atomic E-state index is -1.17. The molecule has 0 aliphatic carbocycles. The van der Waals surface area contributed by atoms with Gasteiger partial charge in [-0.3, -0.25) is 0 Å². The number of benzene rings is 1. The van der Waals surface area contributed by atoms with Gasteiger partial charge in [0.05, 0.1) is 12.2 Å². The van der Waals surface area contributed by atoms with Gasteiger partial charge in [0.1, 0.15) is 5.82 Å². The van der Waals surface area contributed by atoms with Crippen LogP contribution in [0.25, 0.3) is 0 Å². The van der Waals surface area contributed by atoms with E-state index >= 15 is 0 Å². The normalized spacial score (nSPS) is 10.8. The number of carbonyl (C=O) groups is 1. The maximum absolute atomic E-state index is 13.8. The van der Waals surface area contributed by atoms with Crippen molar-refractivity contribution in [2.24, 2.45) is 5.73 Å². The average molecular weight is 343 g/mol. The van der Waals surface area contributed by atoms with Crippen LogP contribution >= 0.6 is 15.9 Å². The fraction of sp³-hybridized carbons (Fsp3) is 0.250. The first kappa shape index (κ1) is 14.6. The number of aromatic nitrogens is 3. The van der Waals surface area contributed by atoms with Gasteiger partial charge in [-0.15, -0.1) is 5.10 Å². The average Bonchev–Trinajstić information content (AvgIpc) is 2.77. The molecule has 6 nitrogen and oxygen atoms in total. The zero-order valence-corrected chi connectivity index (χ0v) is 12.0. The molecule has 20 heavy (non-hydrogen) atoms. The minimum Gasteiger partial charge on any atom is -0.476 e. The molecule has 2 rings (SSSR count). The molecule has 0 saturated carbocycles. The Labute approximate surface area is 122 Å². The van der Waals surface area contributed by atoms with Crippen molar-refractivity contribution >= 4 is 21.9 Å². The molecule has 0 atom stereocenters. The van der Waals surface area contributed by atoms with E-state index in [-0.39, 0.29) is 18.8 Å². The maximum atomic E-state index is 13.8. The third-order valence-electron chi connectivity index (χ3n) is 2.76. The number of rotatable bonds is 5. The Kier molecular flexibility index (Phi) is 4.46. The summed E-state index contributed by atoms with van der Waals surface area (Å²) in [6, 6.07) is 4.65. The van der Waals surface area contributed by atoms with Crippen LogP contribution in [0.15, 0.2) is 22.7 Å². The molecule has 106 valence electrons. The number of hydrogen-bond donors (Lipinski definition) is 2. The molecule has 2 aromatic rings. The van der Waals surface area contributed by atoms with Gasteiger partial charge in [0.25, 0.3) is 0 Å². The van der Waals surface area contributed by atoms with Crippen molar-refractivity contribution < 1.29 is 14.3 Å². The van der Waals surface area contributed by atoms with Gasteiger partial charge in [0, 0.05) is 16.5 Å². The Morgan fingerprint density at radius 2 is 2.25 bits per heavy atom. The van der Waals surface area contributed by atoms with Crippen LogP contribution in [0.3, 0.4) is 0 Å². The second-order valence-corrected chi connectivity index (χ2v) is 5.04. The highest BCUT2D eigenvalue weighted by Gasteiger charge is 2.19. The molecule has 0 spiro atoms. The van der Waals surface area contributed by atoms with E-state index in [2.05, 4.69) is 26.2 Å². The predicted molar refractivity (Wildman–Crippen MR) is 72.9 cm³/mol. The first-order chi connectivity index (χ1) is 9.52. The summed E-state index contributed by atoms with van der Waals surface area (Å²) >= 11 is 3.18. The van der Waals surface area contributed by atoms with Gasteiger partial charge < -0.3 is 10.8 Å². The van der Waals surface area contributed by atoms with Crippen LogP contribution in [0.5, 0.6) is 0 Å². The molecule has 1 aromatic carbocycles. The van der Waals surface area contributed by atoms with E-state index in [0.29, 0.717) is 22.2 Å². The lowest BCUT2D eigenvalue weighted by Crippen LogP contribution is -2.14. The van der Waals surface area contributed by atoms with Crippen LogP contribution in [-0.4, -0.2) is 32.6 Å². The predicted octanol–water partition coefficient (Wildman–Crippen LogP) is 1.43. The van der Waals surface area contributed by atoms with Gasteiger partial charge >= 0.3 is 5.97 Å². The molecule has 0 aliphatic heterocycles. The highest BCUT2D eigenvalue weighted by Crippen LogP contribution is 2.17. The molecule has 0 fully saturated rings. The van der Waals surface area contributed by atoms with E-state index in [0.717, 1.165) is 0 Å². The van der Waals surface area contributed by atoms with Crippen LogP contribution in [0.4, 0.5) is 4.39 Å². The van der Waals surface area contributed by atoms with E-state index in [4.69, 9.17) is 10.8 Å². The van der Waals surface area contributed by atoms with E-state index in [1.54, 1.807) is 12.1 Å². The lowest BCUT2D eigenvalue weighted by Gasteiger charge is -2.07. The third kappa shape index (κ3) is 3.02. The summed E-state index contributed by atoms with van der Waals surface area (Å²) < 4.78 is 15.8. The topological polar surface area (TPSA) is 94.0 Å². The van der Waals surface area contributed by atoms with Crippen molar-refractivity contribution in [1.82, 2.24) is 15.0 Å². The highest BCUT2D eigenvalue weighted by molar-refractivity contribution is 9.10. The quantitative estimate of drug-likeness (QED) is 0.857. The summed E-state index contributed by atoms with van der Waals surface area (Å²) in [6.45, 7) is 0.366. The number of hydrogen-bond acceptors (Lipinski definition) is 4. The number of halogens is 2. The Morgan fingerprint density at radius 1 is 1.50 bits per heavy atom. The summed E-state index contributed by atoms with van der Waals surface area (Å²) in [5, 5.41) is 16.4. The van der Waals surface area contributed by atoms with Gasteiger partial charge in [-0.25, -0.2) is 13.9 Å². The zero-order valence-electron chi connectivity index (χ0n) is 10.4. The van der Waals surface area contributed by atoms with Crippen molar-refractivity contribution in [3.8, 4) is 0 Å². The van der Waals surface area contributed by atoms with Gasteiger partial charge in [-0.1, -0.05) is 27.2 Å². The fourth-order valence-corrected chi connectivity index (χ4v) is 2.15. The first-order valence-corrected chi connectivity index (χ1v) is 6.62. The maximum Gasteiger partial charge on any atom is 0.358 e. The lowest BCUT2D eigenvalue weighted by molar-refractivity contribution is 0.0689. The van der Waals surface area contributed by atoms with Crippen LogP contribution in [0.2, 0.25) is 0 Å². The summed E-state index contributed by atoms with van der Waals surface area (Å²) in [4.78, 5) is 11.0. The van der Waals surface area contributed by atoms with Crippen molar-refractivity contribution in [1.29, 1.82) is 0 Å². The number of carboxylic acid groups (broad SMARTS) is 1. The van der Waals surface area contributed by atoms with E-state index in [9.17, 15) is 9.18 Å². The van der Waals surface area contributed by atoms with Crippen LogP contribution in [-0.2, 0) is 13.0 Å². The van der Waals surface area contributed by atoms with Crippen LogP contribution in [0, 0.1) is 5.82 Å². The zero-order chi connectivity index (χ0) is 14.7. The van der Waals surface area contributed by atoms with Gasteiger partial charge in [-0.05, 0) is 18.7 Å². The standard InChI is InChI=1S/C12H12BrFN4O2/c13-8-2-1-7(9(14)5-8)6-18-10(3-4-15)11(12(19)20)16-17-18/h1-2,5H,3-4,6,15H2,(H,19,20). The second kappa shape index (κ2) is 6.10. The molecule has 0 bridgehead atoms. The molecule has 0 aliphatic rings. The van der Waals surface area contributed by atoms with E-state index in [1.165, 1.54) is 10.7 Å². The molecular weight excluding hydrogens is 331 g/mol. The largest absolute Gasteiger partial charge is 0.476 e. The number of nitrogens with zero attached hydrogens (tertiary/aromatic N) is 3. The minimum absolute atomic E-state index is 0.106. The molecule has 0 saturated heterocycles. The molecule has 8 heteroatoms. The summed E-state index contributed by atoms with van der Waals surface area (Å²) in [5.41, 5.74) is 6.10. The molecule has 0 unspecified atom stereocenters. The van der Waals surface area contributed by atoms with Crippen LogP contribution < -0.4 is 5.73 Å².